The fourth-order valence-electron chi connectivity index (χ4n) is 7.94. The molecule has 8 rings (SSSR count). The summed E-state index contributed by atoms with van der Waals surface area (Å²) in [5.41, 5.74) is 12.0. The Hall–Kier alpha value is -3.57. The summed E-state index contributed by atoms with van der Waals surface area (Å²) in [6.07, 6.45) is 4.29. The predicted octanol–water partition coefficient (Wildman–Crippen LogP) is 9.65. The Labute approximate surface area is 279 Å². The minimum atomic E-state index is 0.0502. The van der Waals surface area contributed by atoms with E-state index in [9.17, 15) is 0 Å². The molecule has 3 nitrogen and oxygen atoms in total. The van der Waals surface area contributed by atoms with Crippen molar-refractivity contribution in [1.29, 1.82) is 0 Å². The maximum absolute atomic E-state index is 6.82. The van der Waals surface area contributed by atoms with Gasteiger partial charge in [-0.2, -0.15) is 0 Å². The molecular weight excluding hydrogens is 579 g/mol. The Kier molecular flexibility index (Phi) is 6.16. The highest BCUT2D eigenvalue weighted by atomic mass is 32.1. The number of nitrogens with zero attached hydrogens (tertiary/aromatic N) is 2. The Morgan fingerprint density at radius 1 is 0.783 bits per heavy atom. The van der Waals surface area contributed by atoms with Gasteiger partial charge in [0.2, 0.25) is 5.88 Å². The van der Waals surface area contributed by atoms with Crippen LogP contribution < -0.4 is 25.3 Å². The van der Waals surface area contributed by atoms with Crippen molar-refractivity contribution in [1.82, 2.24) is 4.98 Å². The second kappa shape index (κ2) is 9.50. The summed E-state index contributed by atoms with van der Waals surface area (Å²) in [6, 6.07) is 23.4. The first-order valence-corrected chi connectivity index (χ1v) is 17.7. The van der Waals surface area contributed by atoms with Crippen LogP contribution in [0.25, 0.3) is 10.1 Å². The van der Waals surface area contributed by atoms with Gasteiger partial charge in [0.1, 0.15) is 5.75 Å². The molecule has 0 fully saturated rings. The zero-order valence-electron chi connectivity index (χ0n) is 29.1. The van der Waals surface area contributed by atoms with Crippen LogP contribution in [0, 0.1) is 0 Å². The van der Waals surface area contributed by atoms with Crippen molar-refractivity contribution >= 4 is 60.9 Å². The number of ether oxygens (including phenoxy) is 1. The topological polar surface area (TPSA) is 25.4 Å². The van der Waals surface area contributed by atoms with Crippen molar-refractivity contribution in [2.24, 2.45) is 0 Å². The first kappa shape index (κ1) is 29.8. The van der Waals surface area contributed by atoms with Crippen molar-refractivity contribution in [2.75, 3.05) is 4.90 Å². The molecule has 0 bridgehead atoms. The number of fused-ring (bicyclic) bond motifs is 7. The average Bonchev–Trinajstić information content (AvgIpc) is 3.37. The maximum atomic E-state index is 6.82. The Bertz CT molecular complexity index is 2060. The van der Waals surface area contributed by atoms with Crippen LogP contribution in [0.5, 0.6) is 11.6 Å². The number of hydrogen-bond acceptors (Lipinski definition) is 4. The maximum Gasteiger partial charge on any atom is 0.271 e. The van der Waals surface area contributed by atoms with Crippen LogP contribution in [-0.2, 0) is 21.7 Å². The molecule has 234 valence electrons. The van der Waals surface area contributed by atoms with Gasteiger partial charge in [-0.3, -0.25) is 0 Å². The Morgan fingerprint density at radius 3 is 2.07 bits per heavy atom. The van der Waals surface area contributed by atoms with Crippen LogP contribution in [0.2, 0.25) is 0 Å². The predicted molar refractivity (Wildman–Crippen MR) is 198 cm³/mol. The molecule has 0 unspecified atom stereocenters. The minimum absolute atomic E-state index is 0.0502. The molecule has 0 spiro atoms. The number of aromatic nitrogens is 1. The van der Waals surface area contributed by atoms with Crippen LogP contribution >= 0.6 is 11.3 Å². The summed E-state index contributed by atoms with van der Waals surface area (Å²) in [7, 11) is 0. The van der Waals surface area contributed by atoms with Crippen molar-refractivity contribution in [2.45, 2.75) is 104 Å². The number of rotatable bonds is 1. The van der Waals surface area contributed by atoms with Crippen molar-refractivity contribution in [3.8, 4) is 11.6 Å². The molecule has 2 aromatic heterocycles. The van der Waals surface area contributed by atoms with Gasteiger partial charge in [0.25, 0.3) is 6.71 Å². The van der Waals surface area contributed by atoms with E-state index < -0.39 is 0 Å². The van der Waals surface area contributed by atoms with Crippen LogP contribution in [0.3, 0.4) is 0 Å². The monoisotopic (exact) mass is 624 g/mol. The second-order valence-electron chi connectivity index (χ2n) is 17.2. The van der Waals surface area contributed by atoms with Gasteiger partial charge >= 0.3 is 0 Å². The van der Waals surface area contributed by atoms with Gasteiger partial charge < -0.3 is 9.64 Å². The van der Waals surface area contributed by atoms with E-state index in [0.717, 1.165) is 17.3 Å². The molecule has 5 heteroatoms. The Morgan fingerprint density at radius 2 is 1.41 bits per heavy atom. The average molecular weight is 625 g/mol. The molecular formula is C41H45BN2OS. The van der Waals surface area contributed by atoms with E-state index in [-0.39, 0.29) is 28.4 Å². The highest BCUT2D eigenvalue weighted by Crippen LogP contribution is 2.50. The third-order valence-corrected chi connectivity index (χ3v) is 12.2. The molecule has 3 aromatic carbocycles. The molecule has 0 atom stereocenters. The number of anilines is 3. The highest BCUT2D eigenvalue weighted by molar-refractivity contribution is 7.33. The van der Waals surface area contributed by atoms with Gasteiger partial charge in [-0.15, -0.1) is 11.3 Å². The lowest BCUT2D eigenvalue weighted by molar-refractivity contribution is 0.330. The van der Waals surface area contributed by atoms with E-state index in [2.05, 4.69) is 135 Å². The standard InChI is InChI=1S/C41H45BN2OS/c1-38(2,3)24-11-14-26(15-12-24)44-31-17-20-43-37-34(31)42(36-35(44)27-21-25(39(4,5)6)13-16-33(27)46-36)30-22-28-29(23-32(30)45-37)41(9,10)19-18-40(28,7)8/h11-17,20-23H,18-19H2,1-10H3. The molecule has 0 amide bonds. The smallest absolute Gasteiger partial charge is 0.271 e. The number of hydrogen-bond donors (Lipinski definition) is 0. The molecule has 4 heterocycles. The lowest BCUT2D eigenvalue weighted by Crippen LogP contribution is -2.59. The quantitative estimate of drug-likeness (QED) is 0.170. The van der Waals surface area contributed by atoms with Gasteiger partial charge in [-0.25, -0.2) is 4.98 Å². The SMILES string of the molecule is CC(C)(C)c1ccc(N2c3ccnc4c3B(c3cc5c(cc3O4)C(C)(C)CCC5(C)C)c3sc4ccc(C(C)(C)C)cc4c32)cc1. The molecule has 46 heavy (non-hydrogen) atoms. The first-order chi connectivity index (χ1) is 21.5. The van der Waals surface area contributed by atoms with Crippen LogP contribution in [0.15, 0.2) is 66.9 Å². The van der Waals surface area contributed by atoms with Crippen LogP contribution in [-0.4, -0.2) is 11.7 Å². The van der Waals surface area contributed by atoms with E-state index in [4.69, 9.17) is 9.72 Å². The van der Waals surface area contributed by atoms with E-state index in [1.807, 2.05) is 17.5 Å². The van der Waals surface area contributed by atoms with Crippen molar-refractivity contribution < 1.29 is 4.74 Å². The summed E-state index contributed by atoms with van der Waals surface area (Å²) in [6.45, 7) is 23.4. The molecule has 3 aliphatic rings. The van der Waals surface area contributed by atoms with Crippen LogP contribution in [0.1, 0.15) is 104 Å². The van der Waals surface area contributed by atoms with E-state index in [0.29, 0.717) is 0 Å². The Balaban J connectivity index is 1.43. The molecule has 2 aliphatic heterocycles. The van der Waals surface area contributed by atoms with E-state index in [1.165, 1.54) is 72.3 Å². The number of thiophene rings is 1. The molecule has 1 aliphatic carbocycles. The van der Waals surface area contributed by atoms with Gasteiger partial charge in [0.05, 0.1) is 5.69 Å². The van der Waals surface area contributed by atoms with Gasteiger partial charge in [-0.05, 0) is 98.6 Å². The third-order valence-electron chi connectivity index (χ3n) is 11.0. The summed E-state index contributed by atoms with van der Waals surface area (Å²) >= 11 is 1.94. The molecule has 0 N–H and O–H groups in total. The van der Waals surface area contributed by atoms with Crippen molar-refractivity contribution in [3.05, 3.63) is 89.1 Å². The fraction of sp³-hybridized carbons (Fsp3) is 0.390. The molecule has 0 saturated heterocycles. The molecule has 0 saturated carbocycles. The normalized spacial score (nSPS) is 17.6. The largest absolute Gasteiger partial charge is 0.440 e. The van der Waals surface area contributed by atoms with Gasteiger partial charge in [0.15, 0.2) is 0 Å². The van der Waals surface area contributed by atoms with E-state index in [1.54, 1.807) is 0 Å². The summed E-state index contributed by atoms with van der Waals surface area (Å²) in [5.74, 6) is 1.70. The van der Waals surface area contributed by atoms with Gasteiger partial charge in [-0.1, -0.05) is 93.5 Å². The van der Waals surface area contributed by atoms with Gasteiger partial charge in [0, 0.05) is 37.9 Å². The zero-order chi connectivity index (χ0) is 32.6. The number of pyridine rings is 1. The van der Waals surface area contributed by atoms with Crippen LogP contribution in [0.4, 0.5) is 17.1 Å². The molecule has 0 radical (unpaired) electrons. The second-order valence-corrected chi connectivity index (χ2v) is 18.3. The fourth-order valence-corrected chi connectivity index (χ4v) is 9.24. The minimum Gasteiger partial charge on any atom is -0.440 e. The number of benzene rings is 3. The van der Waals surface area contributed by atoms with Crippen molar-refractivity contribution in [3.63, 3.8) is 0 Å². The lowest BCUT2D eigenvalue weighted by atomic mass is 9.37. The third kappa shape index (κ3) is 4.34. The first-order valence-electron chi connectivity index (χ1n) is 16.9. The lowest BCUT2D eigenvalue weighted by Gasteiger charge is -2.44. The van der Waals surface area contributed by atoms with E-state index >= 15 is 0 Å². The highest BCUT2D eigenvalue weighted by Gasteiger charge is 2.47. The molecule has 5 aromatic rings. The zero-order valence-corrected chi connectivity index (χ0v) is 29.9. The summed E-state index contributed by atoms with van der Waals surface area (Å²) < 4.78 is 9.52. The summed E-state index contributed by atoms with van der Waals surface area (Å²) in [5, 5.41) is 1.32. The summed E-state index contributed by atoms with van der Waals surface area (Å²) in [4.78, 5) is 7.38.